The average molecular weight is 414 g/mol. The van der Waals surface area contributed by atoms with Crippen molar-refractivity contribution in [1.29, 1.82) is 0 Å². The molecule has 0 spiro atoms. The zero-order valence-electron chi connectivity index (χ0n) is 15.0. The molecule has 0 amide bonds. The summed E-state index contributed by atoms with van der Waals surface area (Å²) < 4.78 is 2.23. The van der Waals surface area contributed by atoms with Crippen LogP contribution in [0, 0.1) is 0 Å². The number of hydrogen-bond acceptors (Lipinski definition) is 0. The van der Waals surface area contributed by atoms with E-state index in [1.165, 1.54) is 15.1 Å². The number of halogens is 2. The summed E-state index contributed by atoms with van der Waals surface area (Å²) in [6, 6.07) is 11.3. The van der Waals surface area contributed by atoms with Crippen molar-refractivity contribution in [2.24, 2.45) is 0 Å². The smallest absolute Gasteiger partial charge is 1.00 e. The molecule has 0 bridgehead atoms. The molecule has 24 heavy (non-hydrogen) atoms. The fraction of sp³-hybridized carbons (Fsp3) is 0.368. The van der Waals surface area contributed by atoms with E-state index in [4.69, 9.17) is 0 Å². The van der Waals surface area contributed by atoms with Crippen LogP contribution in [0.2, 0.25) is 13.1 Å². The number of rotatable bonds is 3. The topological polar surface area (TPSA) is 15.8 Å². The van der Waals surface area contributed by atoms with Crippen LogP contribution in [0.15, 0.2) is 41.7 Å². The molecule has 1 atom stereocenters. The van der Waals surface area contributed by atoms with Gasteiger partial charge in [-0.1, -0.05) is 0 Å². The van der Waals surface area contributed by atoms with E-state index in [0.29, 0.717) is 4.22 Å². The van der Waals surface area contributed by atoms with Crippen molar-refractivity contribution in [2.75, 3.05) is 0 Å². The second-order valence-corrected chi connectivity index (χ2v) is 12.6. The van der Waals surface area contributed by atoms with Crippen LogP contribution in [0.5, 0.6) is 0 Å². The number of hydrogen-bond donors (Lipinski definition) is 1. The maximum Gasteiger partial charge on any atom is -1.00 e. The minimum atomic E-state index is -0.769. The molecule has 1 aromatic heterocycles. The van der Waals surface area contributed by atoms with Gasteiger partial charge >= 0.3 is 145 Å². The molecule has 1 unspecified atom stereocenters. The summed E-state index contributed by atoms with van der Waals surface area (Å²) in [7, 11) is -0.769. The van der Waals surface area contributed by atoms with Crippen LogP contribution >= 0.6 is 0 Å². The quantitative estimate of drug-likeness (QED) is 0.571. The summed E-state index contributed by atoms with van der Waals surface area (Å²) in [5.41, 5.74) is 4.79. The van der Waals surface area contributed by atoms with Crippen LogP contribution in [0.25, 0.3) is 6.08 Å². The Morgan fingerprint density at radius 2 is 1.71 bits per heavy atom. The van der Waals surface area contributed by atoms with Gasteiger partial charge in [-0.2, -0.15) is 0 Å². The number of aromatic nitrogens is 1. The Bertz CT molecular complexity index is 716. The maximum atomic E-state index is 3.57. The van der Waals surface area contributed by atoms with Gasteiger partial charge in [0.05, 0.1) is 0 Å². The Labute approximate surface area is 169 Å². The van der Waals surface area contributed by atoms with E-state index in [1.54, 1.807) is 10.8 Å². The van der Waals surface area contributed by atoms with Crippen LogP contribution in [-0.4, -0.2) is 13.8 Å². The molecule has 0 fully saturated rings. The molecule has 1 aliphatic carbocycles. The Hall–Kier alpha value is -0.249. The van der Waals surface area contributed by atoms with Crippen LogP contribution in [-0.2, 0) is 24.6 Å². The zero-order chi connectivity index (χ0) is 15.9. The zero-order valence-corrected chi connectivity index (χ0v) is 19.2. The first-order valence-corrected chi connectivity index (χ1v) is 12.7. The van der Waals surface area contributed by atoms with Crippen molar-refractivity contribution in [3.05, 3.63) is 58.4 Å². The number of nitrogens with one attached hydrogen (secondary N) is 1. The first kappa shape index (κ1) is 21.8. The monoisotopic (exact) mass is 413 g/mol. The van der Waals surface area contributed by atoms with Gasteiger partial charge in [-0.25, -0.2) is 0 Å². The third kappa shape index (κ3) is 4.29. The SMILES string of the molecule is C[SiH](C)C1=Cc2ccccc2[CH]1[Ti+2][c]1[nH]ccc1C(C)(C)C.[Cl-].[Cl-]. The molecule has 0 aliphatic heterocycles. The maximum absolute atomic E-state index is 3.57. The Kier molecular flexibility index (Phi) is 7.65. The van der Waals surface area contributed by atoms with Crippen LogP contribution in [0.3, 0.4) is 0 Å². The van der Waals surface area contributed by atoms with Crippen molar-refractivity contribution in [3.63, 3.8) is 0 Å². The molecular weight excluding hydrogens is 389 g/mol. The largest absolute Gasteiger partial charge is 1.00 e. The van der Waals surface area contributed by atoms with E-state index >= 15 is 0 Å². The summed E-state index contributed by atoms with van der Waals surface area (Å²) in [4.78, 5) is 3.57. The molecule has 1 N–H and O–H groups in total. The average Bonchev–Trinajstić information content (AvgIpc) is 3.04. The Morgan fingerprint density at radius 1 is 1.04 bits per heavy atom. The van der Waals surface area contributed by atoms with E-state index < -0.39 is 8.80 Å². The molecule has 0 radical (unpaired) electrons. The van der Waals surface area contributed by atoms with Crippen molar-refractivity contribution < 1.29 is 44.0 Å². The molecular formula is C19H25Cl2NSiTi. The van der Waals surface area contributed by atoms with Gasteiger partial charge in [0.1, 0.15) is 0 Å². The molecule has 0 saturated heterocycles. The molecule has 1 heterocycles. The third-order valence-corrected chi connectivity index (χ3v) is 9.38. The molecule has 128 valence electrons. The van der Waals surface area contributed by atoms with Crippen molar-refractivity contribution in [2.45, 2.75) is 43.5 Å². The summed E-state index contributed by atoms with van der Waals surface area (Å²) in [5, 5.41) is 1.76. The second kappa shape index (κ2) is 8.42. The normalized spacial score (nSPS) is 15.9. The molecule has 1 nitrogen and oxygen atoms in total. The van der Waals surface area contributed by atoms with Gasteiger partial charge < -0.3 is 24.8 Å². The van der Waals surface area contributed by atoms with Gasteiger partial charge in [0, 0.05) is 0 Å². The summed E-state index contributed by atoms with van der Waals surface area (Å²) in [6.07, 6.45) is 4.64. The van der Waals surface area contributed by atoms with Gasteiger partial charge in [0.2, 0.25) is 0 Å². The van der Waals surface area contributed by atoms with Crippen molar-refractivity contribution in [3.8, 4) is 0 Å². The fourth-order valence-corrected chi connectivity index (χ4v) is 9.24. The van der Waals surface area contributed by atoms with E-state index in [1.807, 2.05) is 0 Å². The van der Waals surface area contributed by atoms with Gasteiger partial charge in [0.15, 0.2) is 0 Å². The summed E-state index contributed by atoms with van der Waals surface area (Å²) >= 11 is -0.240. The van der Waals surface area contributed by atoms with E-state index in [2.05, 4.69) is 81.5 Å². The number of benzene rings is 1. The Morgan fingerprint density at radius 3 is 2.33 bits per heavy atom. The molecule has 3 rings (SSSR count). The van der Waals surface area contributed by atoms with Gasteiger partial charge in [0.25, 0.3) is 0 Å². The van der Waals surface area contributed by atoms with Crippen molar-refractivity contribution >= 4 is 18.9 Å². The van der Waals surface area contributed by atoms with Gasteiger partial charge in [-0.3, -0.25) is 0 Å². The number of H-pyrrole nitrogens is 1. The number of allylic oxidation sites excluding steroid dienone is 1. The van der Waals surface area contributed by atoms with Gasteiger partial charge in [-0.05, 0) is 0 Å². The van der Waals surface area contributed by atoms with Gasteiger partial charge in [-0.15, -0.1) is 0 Å². The first-order chi connectivity index (χ1) is 10.4. The summed E-state index contributed by atoms with van der Waals surface area (Å²) in [6.45, 7) is 11.9. The van der Waals surface area contributed by atoms with Crippen molar-refractivity contribution in [1.82, 2.24) is 4.98 Å². The van der Waals surface area contributed by atoms with E-state index in [9.17, 15) is 0 Å². The first-order valence-electron chi connectivity index (χ1n) is 8.12. The van der Waals surface area contributed by atoms with E-state index in [0.717, 1.165) is 0 Å². The summed E-state index contributed by atoms with van der Waals surface area (Å²) in [5.74, 6) is 0. The predicted molar refractivity (Wildman–Crippen MR) is 95.2 cm³/mol. The second-order valence-electron chi connectivity index (χ2n) is 7.52. The van der Waals surface area contributed by atoms with Crippen LogP contribution < -0.4 is 28.8 Å². The number of fused-ring (bicyclic) bond motifs is 1. The third-order valence-electron chi connectivity index (χ3n) is 4.47. The van der Waals surface area contributed by atoms with E-state index in [-0.39, 0.29) is 49.4 Å². The van der Waals surface area contributed by atoms with Crippen LogP contribution in [0.1, 0.15) is 41.7 Å². The fourth-order valence-electron chi connectivity index (χ4n) is 3.27. The minimum Gasteiger partial charge on any atom is -1.00 e. The van der Waals surface area contributed by atoms with Crippen LogP contribution in [0.4, 0.5) is 0 Å². The Balaban J connectivity index is 0.00000144. The molecule has 0 saturated carbocycles. The minimum absolute atomic E-state index is 0. The molecule has 2 aromatic rings. The molecule has 1 aliphatic rings. The number of aromatic amines is 1. The predicted octanol–water partition coefficient (Wildman–Crippen LogP) is -1.81. The standard InChI is InChI=1S/C11H13Si.C8H12N.2ClH.Ti/c1-12(2)11-7-9-5-3-4-6-10(9)8-11;1-8(2,3)7-4-5-9-6-7;;;/h3-8,12H,1-2H3;4-5,9H,1-3H3;2*1H;/q;;;;+2/p-2. The molecule has 1 aromatic carbocycles. The molecule has 5 heteroatoms.